The van der Waals surface area contributed by atoms with Crippen LogP contribution in [0.2, 0.25) is 0 Å². The van der Waals surface area contributed by atoms with Gasteiger partial charge in [-0.3, -0.25) is 4.79 Å². The van der Waals surface area contributed by atoms with Crippen LogP contribution in [0.15, 0.2) is 16.7 Å². The summed E-state index contributed by atoms with van der Waals surface area (Å²) in [5, 5.41) is 4.12. The summed E-state index contributed by atoms with van der Waals surface area (Å²) in [5.74, 6) is 0.616. The summed E-state index contributed by atoms with van der Waals surface area (Å²) < 4.78 is 12.8. The molecule has 0 spiro atoms. The third kappa shape index (κ3) is 3.02. The van der Waals surface area contributed by atoms with Crippen molar-refractivity contribution in [3.05, 3.63) is 17.8 Å². The molecule has 8 heteroatoms. The molecule has 25 heavy (non-hydrogen) atoms. The maximum absolute atomic E-state index is 12.6. The first-order valence-electron chi connectivity index (χ1n) is 8.93. The highest BCUT2D eigenvalue weighted by molar-refractivity contribution is 5.94. The maximum atomic E-state index is 12.6. The fourth-order valence-corrected chi connectivity index (χ4v) is 3.34. The molecule has 4 heterocycles. The zero-order valence-corrected chi connectivity index (χ0v) is 14.5. The van der Waals surface area contributed by atoms with Crippen molar-refractivity contribution in [2.75, 3.05) is 44.3 Å². The number of ether oxygens (including phenoxy) is 1. The summed E-state index contributed by atoms with van der Waals surface area (Å²) in [5.41, 5.74) is 1.54. The van der Waals surface area contributed by atoms with Gasteiger partial charge >= 0.3 is 6.01 Å². The van der Waals surface area contributed by atoms with Crippen molar-refractivity contribution in [3.8, 4) is 11.5 Å². The second-order valence-corrected chi connectivity index (χ2v) is 6.40. The lowest BCUT2D eigenvalue weighted by Crippen LogP contribution is -2.40. The largest absolute Gasteiger partial charge is 0.378 e. The Kier molecular flexibility index (Phi) is 4.44. The van der Waals surface area contributed by atoms with Crippen molar-refractivity contribution >= 4 is 11.9 Å². The lowest BCUT2D eigenvalue weighted by Gasteiger charge is -2.29. The second kappa shape index (κ2) is 6.87. The number of carbonyl (C=O) groups is 1. The minimum absolute atomic E-state index is 0.0860. The lowest BCUT2D eigenvalue weighted by molar-refractivity contribution is 0.0703. The summed E-state index contributed by atoms with van der Waals surface area (Å²) in [6, 6.07) is 4.28. The highest BCUT2D eigenvalue weighted by Crippen LogP contribution is 2.26. The van der Waals surface area contributed by atoms with Crippen LogP contribution in [0, 0.1) is 0 Å². The quantitative estimate of drug-likeness (QED) is 0.820. The topological polar surface area (TPSA) is 76.6 Å². The normalized spacial score (nSPS) is 17.9. The van der Waals surface area contributed by atoms with Crippen LogP contribution < -0.4 is 4.90 Å². The van der Waals surface area contributed by atoms with Crippen LogP contribution in [0.5, 0.6) is 0 Å². The summed E-state index contributed by atoms with van der Waals surface area (Å²) in [4.78, 5) is 21.1. The van der Waals surface area contributed by atoms with Gasteiger partial charge in [-0.15, -0.1) is 0 Å². The first-order valence-corrected chi connectivity index (χ1v) is 8.93. The number of carbonyl (C=O) groups excluding carboxylic acids is 1. The smallest absolute Gasteiger partial charge is 0.324 e. The molecule has 2 aromatic heterocycles. The molecule has 1 amide bonds. The van der Waals surface area contributed by atoms with Crippen molar-refractivity contribution in [1.29, 1.82) is 0 Å². The number of amides is 1. The van der Waals surface area contributed by atoms with Gasteiger partial charge in [0.2, 0.25) is 5.82 Å². The van der Waals surface area contributed by atoms with Crippen molar-refractivity contribution in [1.82, 2.24) is 19.6 Å². The SMILES string of the molecule is CCCCN1CCn2c(ccc2-c2noc(N3CCOCC3)n2)C1=O. The first kappa shape index (κ1) is 16.1. The molecule has 1 fully saturated rings. The summed E-state index contributed by atoms with van der Waals surface area (Å²) >= 11 is 0. The molecular weight excluding hydrogens is 322 g/mol. The third-order valence-electron chi connectivity index (χ3n) is 4.79. The summed E-state index contributed by atoms with van der Waals surface area (Å²) in [7, 11) is 0. The van der Waals surface area contributed by atoms with Crippen molar-refractivity contribution in [2.45, 2.75) is 26.3 Å². The van der Waals surface area contributed by atoms with Gasteiger partial charge in [-0.25, -0.2) is 0 Å². The minimum atomic E-state index is 0.0860. The van der Waals surface area contributed by atoms with Crippen molar-refractivity contribution < 1.29 is 14.1 Å². The van der Waals surface area contributed by atoms with E-state index in [0.29, 0.717) is 30.7 Å². The molecule has 0 aromatic carbocycles. The van der Waals surface area contributed by atoms with E-state index < -0.39 is 0 Å². The number of unbranched alkanes of at least 4 members (excludes halogenated alkanes) is 1. The van der Waals surface area contributed by atoms with Gasteiger partial charge in [0.1, 0.15) is 5.69 Å². The predicted molar refractivity (Wildman–Crippen MR) is 91.6 cm³/mol. The molecule has 0 saturated carbocycles. The highest BCUT2D eigenvalue weighted by atomic mass is 16.5. The molecule has 2 aromatic rings. The Balaban J connectivity index is 1.55. The van der Waals surface area contributed by atoms with E-state index in [0.717, 1.165) is 51.3 Å². The number of hydrogen-bond acceptors (Lipinski definition) is 6. The van der Waals surface area contributed by atoms with E-state index in [1.165, 1.54) is 0 Å². The van der Waals surface area contributed by atoms with Crippen LogP contribution in [-0.4, -0.2) is 64.9 Å². The Labute approximate surface area is 146 Å². The Morgan fingerprint density at radius 2 is 1.92 bits per heavy atom. The number of rotatable bonds is 5. The van der Waals surface area contributed by atoms with Crippen molar-refractivity contribution in [3.63, 3.8) is 0 Å². The fraction of sp³-hybridized carbons (Fsp3) is 0.588. The summed E-state index contributed by atoms with van der Waals surface area (Å²) in [6.07, 6.45) is 2.12. The molecule has 1 saturated heterocycles. The van der Waals surface area contributed by atoms with Gasteiger partial charge in [0, 0.05) is 32.7 Å². The van der Waals surface area contributed by atoms with E-state index >= 15 is 0 Å². The Bertz CT molecular complexity index is 747. The zero-order valence-electron chi connectivity index (χ0n) is 14.5. The predicted octanol–water partition coefficient (Wildman–Crippen LogP) is 1.63. The van der Waals surface area contributed by atoms with Gasteiger partial charge < -0.3 is 23.6 Å². The molecule has 4 rings (SSSR count). The molecule has 0 radical (unpaired) electrons. The monoisotopic (exact) mass is 345 g/mol. The van der Waals surface area contributed by atoms with Crippen LogP contribution in [-0.2, 0) is 11.3 Å². The van der Waals surface area contributed by atoms with E-state index in [1.54, 1.807) is 0 Å². The van der Waals surface area contributed by atoms with Gasteiger partial charge in [-0.2, -0.15) is 4.98 Å². The van der Waals surface area contributed by atoms with Crippen LogP contribution in [0.4, 0.5) is 6.01 Å². The van der Waals surface area contributed by atoms with E-state index in [2.05, 4.69) is 17.1 Å². The number of morpholine rings is 1. The number of hydrogen-bond donors (Lipinski definition) is 0. The minimum Gasteiger partial charge on any atom is -0.378 e. The van der Waals surface area contributed by atoms with Crippen LogP contribution in [0.3, 0.4) is 0 Å². The van der Waals surface area contributed by atoms with Gasteiger partial charge in [0.15, 0.2) is 0 Å². The van der Waals surface area contributed by atoms with E-state index in [-0.39, 0.29) is 5.91 Å². The number of nitrogens with zero attached hydrogens (tertiary/aromatic N) is 5. The second-order valence-electron chi connectivity index (χ2n) is 6.40. The molecule has 0 unspecified atom stereocenters. The zero-order chi connectivity index (χ0) is 17.2. The third-order valence-corrected chi connectivity index (χ3v) is 4.79. The summed E-state index contributed by atoms with van der Waals surface area (Å²) in [6.45, 7) is 7.27. The first-order chi connectivity index (χ1) is 12.3. The van der Waals surface area contributed by atoms with Gasteiger partial charge in [-0.05, 0) is 18.6 Å². The standard InChI is InChI=1S/C17H23N5O3/c1-2-3-6-20-7-8-22-13(4-5-14(22)16(20)23)15-18-17(25-19-15)21-9-11-24-12-10-21/h4-5H,2-3,6-12H2,1H3. The number of aromatic nitrogens is 3. The number of fused-ring (bicyclic) bond motifs is 1. The van der Waals surface area contributed by atoms with Crippen LogP contribution in [0.1, 0.15) is 30.3 Å². The molecule has 2 aliphatic rings. The Morgan fingerprint density at radius 3 is 2.72 bits per heavy atom. The van der Waals surface area contributed by atoms with Gasteiger partial charge in [0.25, 0.3) is 5.91 Å². The van der Waals surface area contributed by atoms with Crippen LogP contribution >= 0.6 is 0 Å². The highest BCUT2D eigenvalue weighted by Gasteiger charge is 2.28. The number of anilines is 1. The van der Waals surface area contributed by atoms with E-state index in [1.807, 2.05) is 26.5 Å². The molecular formula is C17H23N5O3. The average Bonchev–Trinajstić information content (AvgIpc) is 3.29. The molecule has 8 nitrogen and oxygen atoms in total. The fourth-order valence-electron chi connectivity index (χ4n) is 3.34. The van der Waals surface area contributed by atoms with E-state index in [4.69, 9.17) is 9.26 Å². The van der Waals surface area contributed by atoms with Crippen molar-refractivity contribution in [2.24, 2.45) is 0 Å². The average molecular weight is 345 g/mol. The molecule has 0 atom stereocenters. The Hall–Kier alpha value is -2.35. The molecule has 134 valence electrons. The lowest BCUT2D eigenvalue weighted by atomic mass is 10.2. The molecule has 0 N–H and O–H groups in total. The molecule has 2 aliphatic heterocycles. The van der Waals surface area contributed by atoms with Gasteiger partial charge in [0.05, 0.1) is 18.9 Å². The maximum Gasteiger partial charge on any atom is 0.324 e. The van der Waals surface area contributed by atoms with Gasteiger partial charge in [-0.1, -0.05) is 18.5 Å². The molecule has 0 bridgehead atoms. The molecule has 0 aliphatic carbocycles. The van der Waals surface area contributed by atoms with Crippen LogP contribution in [0.25, 0.3) is 11.5 Å². The Morgan fingerprint density at radius 1 is 1.12 bits per heavy atom. The van der Waals surface area contributed by atoms with E-state index in [9.17, 15) is 4.79 Å².